The normalized spacial score (nSPS) is 20.1. The van der Waals surface area contributed by atoms with Crippen molar-refractivity contribution in [2.45, 2.75) is 37.6 Å². The van der Waals surface area contributed by atoms with E-state index in [0.29, 0.717) is 6.61 Å². The minimum Gasteiger partial charge on any atom is -0.375 e. The first-order valence-corrected chi connectivity index (χ1v) is 10.9. The molecule has 1 heterocycles. The molecule has 2 aromatic carbocycles. The Morgan fingerprint density at radius 1 is 1.03 bits per heavy atom. The van der Waals surface area contributed by atoms with Crippen LogP contribution in [0, 0.1) is 6.92 Å². The second-order valence-electron chi connectivity index (χ2n) is 6.77. The van der Waals surface area contributed by atoms with Gasteiger partial charge in [0.15, 0.2) is 5.78 Å². The maximum atomic E-state index is 13.4. The molecule has 29 heavy (non-hydrogen) atoms. The molecule has 154 valence electrons. The third kappa shape index (κ3) is 5.00. The summed E-state index contributed by atoms with van der Waals surface area (Å²) in [5.41, 5.74) is 1.89. The third-order valence-electron chi connectivity index (χ3n) is 4.63. The maximum Gasteiger partial charge on any atom is 0.246 e. The van der Waals surface area contributed by atoms with Gasteiger partial charge in [-0.05, 0) is 43.7 Å². The van der Waals surface area contributed by atoms with Gasteiger partial charge in [0.25, 0.3) is 0 Å². The molecule has 0 fully saturated rings. The Balaban J connectivity index is 1.87. The lowest BCUT2D eigenvalue weighted by Crippen LogP contribution is -2.54. The monoisotopic (exact) mass is 415 g/mol. The first-order valence-electron chi connectivity index (χ1n) is 9.49. The van der Waals surface area contributed by atoms with E-state index in [1.807, 2.05) is 37.3 Å². The fourth-order valence-corrected chi connectivity index (χ4v) is 4.76. The fourth-order valence-electron chi connectivity index (χ4n) is 3.13. The van der Waals surface area contributed by atoms with Crippen LogP contribution in [0.3, 0.4) is 0 Å². The van der Waals surface area contributed by atoms with Crippen molar-refractivity contribution in [2.75, 3.05) is 13.2 Å². The molecule has 2 atom stereocenters. The zero-order valence-corrected chi connectivity index (χ0v) is 17.3. The second kappa shape index (κ2) is 9.45. The number of hydrogen-bond donors (Lipinski definition) is 0. The lowest BCUT2D eigenvalue weighted by molar-refractivity contribution is -0.125. The molecule has 7 heteroatoms. The summed E-state index contributed by atoms with van der Waals surface area (Å²) >= 11 is 0. The molecule has 0 bridgehead atoms. The SMILES string of the molecule is CCO[C@H]1C=CC(=O)[C@@H](COCc2ccccc2)N1S(=O)(=O)c1ccc(C)cc1. The number of sulfonamides is 1. The topological polar surface area (TPSA) is 72.9 Å². The summed E-state index contributed by atoms with van der Waals surface area (Å²) in [6, 6.07) is 15.1. The highest BCUT2D eigenvalue weighted by molar-refractivity contribution is 7.89. The Bertz CT molecular complexity index is 954. The molecule has 0 saturated heterocycles. The van der Waals surface area contributed by atoms with Gasteiger partial charge in [-0.2, -0.15) is 4.31 Å². The van der Waals surface area contributed by atoms with Gasteiger partial charge in [-0.3, -0.25) is 4.79 Å². The molecule has 2 aromatic rings. The van der Waals surface area contributed by atoms with Crippen LogP contribution < -0.4 is 0 Å². The van der Waals surface area contributed by atoms with E-state index in [9.17, 15) is 13.2 Å². The van der Waals surface area contributed by atoms with E-state index in [2.05, 4.69) is 0 Å². The molecule has 1 aliphatic rings. The number of carbonyl (C=O) groups is 1. The molecule has 0 saturated carbocycles. The van der Waals surface area contributed by atoms with Gasteiger partial charge in [-0.1, -0.05) is 48.0 Å². The Labute approximate surface area is 171 Å². The van der Waals surface area contributed by atoms with E-state index < -0.39 is 22.3 Å². The van der Waals surface area contributed by atoms with Gasteiger partial charge in [0.2, 0.25) is 10.0 Å². The highest BCUT2D eigenvalue weighted by Gasteiger charge is 2.42. The van der Waals surface area contributed by atoms with Gasteiger partial charge in [0, 0.05) is 6.61 Å². The zero-order valence-electron chi connectivity index (χ0n) is 16.5. The number of rotatable bonds is 8. The quantitative estimate of drug-likeness (QED) is 0.663. The second-order valence-corrected chi connectivity index (χ2v) is 8.62. The number of aryl methyl sites for hydroxylation is 1. The summed E-state index contributed by atoms with van der Waals surface area (Å²) in [5.74, 6) is -0.329. The minimum atomic E-state index is -3.97. The number of ether oxygens (including phenoxy) is 2. The minimum absolute atomic E-state index is 0.0628. The standard InChI is InChI=1S/C22H25NO5S/c1-3-28-22-14-13-21(24)20(16-27-15-18-7-5-4-6-8-18)23(22)29(25,26)19-11-9-17(2)10-12-19/h4-14,20,22H,3,15-16H2,1-2H3/t20-,22+/m1/s1. The maximum absolute atomic E-state index is 13.4. The first-order chi connectivity index (χ1) is 13.9. The van der Waals surface area contributed by atoms with Crippen molar-refractivity contribution >= 4 is 15.8 Å². The first kappa shape index (κ1) is 21.4. The Morgan fingerprint density at radius 2 is 1.72 bits per heavy atom. The molecule has 0 N–H and O–H groups in total. The van der Waals surface area contributed by atoms with Gasteiger partial charge < -0.3 is 9.47 Å². The number of ketones is 1. The van der Waals surface area contributed by atoms with Crippen LogP contribution in [0.5, 0.6) is 0 Å². The summed E-state index contributed by atoms with van der Waals surface area (Å²) in [4.78, 5) is 12.7. The van der Waals surface area contributed by atoms with E-state index in [4.69, 9.17) is 9.47 Å². The van der Waals surface area contributed by atoms with Crippen molar-refractivity contribution in [3.05, 3.63) is 77.9 Å². The van der Waals surface area contributed by atoms with Crippen LogP contribution >= 0.6 is 0 Å². The predicted octanol–water partition coefficient (Wildman–Crippen LogP) is 3.07. The van der Waals surface area contributed by atoms with Crippen LogP contribution in [0.1, 0.15) is 18.1 Å². The smallest absolute Gasteiger partial charge is 0.246 e. The van der Waals surface area contributed by atoms with Crippen molar-refractivity contribution < 1.29 is 22.7 Å². The third-order valence-corrected chi connectivity index (χ3v) is 6.52. The van der Waals surface area contributed by atoms with Crippen LogP contribution in [0.15, 0.2) is 71.6 Å². The van der Waals surface area contributed by atoms with E-state index in [-0.39, 0.29) is 23.9 Å². The number of hydrogen-bond acceptors (Lipinski definition) is 5. The van der Waals surface area contributed by atoms with Crippen LogP contribution in [0.4, 0.5) is 0 Å². The van der Waals surface area contributed by atoms with Crippen molar-refractivity contribution in [3.8, 4) is 0 Å². The van der Waals surface area contributed by atoms with Crippen molar-refractivity contribution in [1.82, 2.24) is 4.31 Å². The van der Waals surface area contributed by atoms with Gasteiger partial charge in [-0.25, -0.2) is 8.42 Å². The molecule has 0 spiro atoms. The molecule has 0 aromatic heterocycles. The van der Waals surface area contributed by atoms with Crippen molar-refractivity contribution in [2.24, 2.45) is 0 Å². The molecule has 0 aliphatic carbocycles. The van der Waals surface area contributed by atoms with Gasteiger partial charge >= 0.3 is 0 Å². The summed E-state index contributed by atoms with van der Waals surface area (Å²) < 4.78 is 39.2. The van der Waals surface area contributed by atoms with E-state index in [1.165, 1.54) is 12.2 Å². The fraction of sp³-hybridized carbons (Fsp3) is 0.318. The van der Waals surface area contributed by atoms with Gasteiger partial charge in [0.1, 0.15) is 12.3 Å². The van der Waals surface area contributed by atoms with E-state index in [0.717, 1.165) is 15.4 Å². The van der Waals surface area contributed by atoms with Crippen LogP contribution in [0.2, 0.25) is 0 Å². The summed E-state index contributed by atoms with van der Waals surface area (Å²) in [7, 11) is -3.97. The van der Waals surface area contributed by atoms with Crippen LogP contribution in [0.25, 0.3) is 0 Å². The number of carbonyl (C=O) groups excluding carboxylic acids is 1. The van der Waals surface area contributed by atoms with Gasteiger partial charge in [0.05, 0.1) is 18.1 Å². The summed E-state index contributed by atoms with van der Waals surface area (Å²) in [6.07, 6.45) is 1.98. The van der Waals surface area contributed by atoms with Crippen LogP contribution in [-0.2, 0) is 30.9 Å². The molecule has 1 aliphatic heterocycles. The lowest BCUT2D eigenvalue weighted by atomic mass is 10.1. The zero-order chi connectivity index (χ0) is 20.9. The number of nitrogens with zero attached hydrogens (tertiary/aromatic N) is 1. The molecule has 0 radical (unpaired) electrons. The molecule has 0 amide bonds. The van der Waals surface area contributed by atoms with E-state index >= 15 is 0 Å². The molecular formula is C22H25NO5S. The molecule has 3 rings (SSSR count). The average Bonchev–Trinajstić information content (AvgIpc) is 2.71. The summed E-state index contributed by atoms with van der Waals surface area (Å²) in [5, 5.41) is 0. The Kier molecular flexibility index (Phi) is 6.97. The van der Waals surface area contributed by atoms with Gasteiger partial charge in [-0.15, -0.1) is 0 Å². The molecule has 6 nitrogen and oxygen atoms in total. The predicted molar refractivity (Wildman–Crippen MR) is 110 cm³/mol. The molecule has 0 unspecified atom stereocenters. The van der Waals surface area contributed by atoms with Crippen molar-refractivity contribution in [1.29, 1.82) is 0 Å². The van der Waals surface area contributed by atoms with E-state index in [1.54, 1.807) is 31.2 Å². The lowest BCUT2D eigenvalue weighted by Gasteiger charge is -2.36. The molecular weight excluding hydrogens is 390 g/mol. The highest BCUT2D eigenvalue weighted by Crippen LogP contribution is 2.26. The number of benzene rings is 2. The van der Waals surface area contributed by atoms with Crippen molar-refractivity contribution in [3.63, 3.8) is 0 Å². The summed E-state index contributed by atoms with van der Waals surface area (Å²) in [6.45, 7) is 4.19. The highest BCUT2D eigenvalue weighted by atomic mass is 32.2. The Morgan fingerprint density at radius 3 is 2.38 bits per heavy atom. The Hall–Kier alpha value is -2.32. The largest absolute Gasteiger partial charge is 0.375 e. The average molecular weight is 416 g/mol. The van der Waals surface area contributed by atoms with Crippen LogP contribution in [-0.4, -0.2) is 44.0 Å².